The quantitative estimate of drug-likeness (QED) is 0.693. The molecule has 0 aliphatic heterocycles. The number of hydrogen-bond donors (Lipinski definition) is 1. The van der Waals surface area contributed by atoms with Gasteiger partial charge in [-0.2, -0.15) is 0 Å². The number of rotatable bonds is 9. The first-order valence-corrected chi connectivity index (χ1v) is 8.79. The van der Waals surface area contributed by atoms with Crippen molar-refractivity contribution < 1.29 is 9.47 Å². The third-order valence-corrected chi connectivity index (χ3v) is 3.92. The number of aromatic nitrogens is 1. The lowest BCUT2D eigenvalue weighted by molar-refractivity contribution is 0.226. The summed E-state index contributed by atoms with van der Waals surface area (Å²) in [5.74, 6) is 0.782. The number of nitrogens with one attached hydrogen (secondary N) is 1. The van der Waals surface area contributed by atoms with Gasteiger partial charge < -0.3 is 19.4 Å². The van der Waals surface area contributed by atoms with Crippen molar-refractivity contribution >= 4 is 16.6 Å². The standard InChI is InChI=1S/C20H28N2O3/c1-6-8-12-22-17-13-15(21-11-7-2)9-10-16(17)18(24-5)19(20(22)23)25-14(3)4/h7,9-10,13-14,21H,2,6,8,11-12H2,1,3-5H3. The van der Waals surface area contributed by atoms with Crippen LogP contribution in [0.15, 0.2) is 35.6 Å². The van der Waals surface area contributed by atoms with Crippen molar-refractivity contribution in [2.75, 3.05) is 19.0 Å². The van der Waals surface area contributed by atoms with Gasteiger partial charge in [0.2, 0.25) is 5.75 Å². The summed E-state index contributed by atoms with van der Waals surface area (Å²) in [6.45, 7) is 11.0. The van der Waals surface area contributed by atoms with E-state index >= 15 is 0 Å². The van der Waals surface area contributed by atoms with Gasteiger partial charge in [0.05, 0.1) is 18.7 Å². The second-order valence-corrected chi connectivity index (χ2v) is 6.24. The first-order valence-electron chi connectivity index (χ1n) is 8.79. The molecule has 0 amide bonds. The molecule has 0 bridgehead atoms. The van der Waals surface area contributed by atoms with Crippen LogP contribution < -0.4 is 20.3 Å². The third kappa shape index (κ3) is 4.16. The molecule has 0 atom stereocenters. The van der Waals surface area contributed by atoms with Crippen LogP contribution >= 0.6 is 0 Å². The Morgan fingerprint density at radius 3 is 2.68 bits per heavy atom. The van der Waals surface area contributed by atoms with Crippen LogP contribution in [0.3, 0.4) is 0 Å². The smallest absolute Gasteiger partial charge is 0.297 e. The zero-order valence-corrected chi connectivity index (χ0v) is 15.6. The zero-order chi connectivity index (χ0) is 18.4. The number of ether oxygens (including phenoxy) is 2. The van der Waals surface area contributed by atoms with Crippen LogP contribution in [0.2, 0.25) is 0 Å². The van der Waals surface area contributed by atoms with Crippen molar-refractivity contribution in [1.82, 2.24) is 4.57 Å². The van der Waals surface area contributed by atoms with Crippen LogP contribution in [0.5, 0.6) is 11.5 Å². The lowest BCUT2D eigenvalue weighted by atomic mass is 10.1. The van der Waals surface area contributed by atoms with Gasteiger partial charge in [-0.3, -0.25) is 4.79 Å². The Balaban J connectivity index is 2.72. The molecule has 0 unspecified atom stereocenters. The highest BCUT2D eigenvalue weighted by Crippen LogP contribution is 2.34. The van der Waals surface area contributed by atoms with E-state index in [1.807, 2.05) is 32.0 Å². The van der Waals surface area contributed by atoms with Crippen LogP contribution in [0.1, 0.15) is 33.6 Å². The number of hydrogen-bond acceptors (Lipinski definition) is 4. The predicted octanol–water partition coefficient (Wildman–Crippen LogP) is 4.20. The zero-order valence-electron chi connectivity index (χ0n) is 15.6. The minimum Gasteiger partial charge on any atom is -0.492 e. The average Bonchev–Trinajstić information content (AvgIpc) is 2.60. The summed E-state index contributed by atoms with van der Waals surface area (Å²) in [6, 6.07) is 5.92. The molecule has 0 spiro atoms. The van der Waals surface area contributed by atoms with Crippen LogP contribution in [0.25, 0.3) is 10.9 Å². The largest absolute Gasteiger partial charge is 0.492 e. The van der Waals surface area contributed by atoms with Crippen LogP contribution in [-0.2, 0) is 6.54 Å². The van der Waals surface area contributed by atoms with Gasteiger partial charge >= 0.3 is 0 Å². The number of aryl methyl sites for hydroxylation is 1. The number of methoxy groups -OCH3 is 1. The summed E-state index contributed by atoms with van der Waals surface area (Å²) in [4.78, 5) is 13.1. The first-order chi connectivity index (χ1) is 12.0. The molecule has 0 radical (unpaired) electrons. The molecule has 0 aliphatic rings. The second-order valence-electron chi connectivity index (χ2n) is 6.24. The Morgan fingerprint density at radius 1 is 1.32 bits per heavy atom. The maximum absolute atomic E-state index is 13.1. The SMILES string of the molecule is C=CCNc1ccc2c(OC)c(OC(C)C)c(=O)n(CCCC)c2c1. The molecule has 136 valence electrons. The number of unbranched alkanes of at least 4 members (excludes halogenated alkanes) is 1. The second kappa shape index (κ2) is 8.60. The summed E-state index contributed by atoms with van der Waals surface area (Å²) in [6.07, 6.45) is 3.63. The van der Waals surface area contributed by atoms with Crippen molar-refractivity contribution in [3.8, 4) is 11.5 Å². The molecule has 2 aromatic rings. The number of pyridine rings is 1. The lowest BCUT2D eigenvalue weighted by Crippen LogP contribution is -2.25. The molecular formula is C20H28N2O3. The number of benzene rings is 1. The summed E-state index contributed by atoms with van der Waals surface area (Å²) >= 11 is 0. The van der Waals surface area contributed by atoms with E-state index in [-0.39, 0.29) is 17.4 Å². The molecule has 5 heteroatoms. The topological polar surface area (TPSA) is 52.5 Å². The molecule has 0 saturated heterocycles. The fourth-order valence-electron chi connectivity index (χ4n) is 2.78. The van der Waals surface area contributed by atoms with E-state index in [0.717, 1.165) is 29.4 Å². The lowest BCUT2D eigenvalue weighted by Gasteiger charge is -2.19. The van der Waals surface area contributed by atoms with E-state index in [0.29, 0.717) is 18.8 Å². The van der Waals surface area contributed by atoms with Crippen LogP contribution in [0, 0.1) is 0 Å². The monoisotopic (exact) mass is 344 g/mol. The summed E-state index contributed by atoms with van der Waals surface area (Å²) < 4.78 is 13.1. The van der Waals surface area contributed by atoms with Gasteiger partial charge in [-0.1, -0.05) is 19.4 Å². The Labute approximate surface area is 149 Å². The molecule has 5 nitrogen and oxygen atoms in total. The van der Waals surface area contributed by atoms with Crippen molar-refractivity contribution in [3.05, 3.63) is 41.2 Å². The number of nitrogens with zero attached hydrogens (tertiary/aromatic N) is 1. The maximum atomic E-state index is 13.1. The Morgan fingerprint density at radius 2 is 2.08 bits per heavy atom. The highest BCUT2D eigenvalue weighted by atomic mass is 16.5. The van der Waals surface area contributed by atoms with Gasteiger partial charge in [-0.25, -0.2) is 0 Å². The highest BCUT2D eigenvalue weighted by molar-refractivity contribution is 5.90. The molecule has 1 heterocycles. The minimum absolute atomic E-state index is 0.104. The van der Waals surface area contributed by atoms with Crippen molar-refractivity contribution in [2.24, 2.45) is 0 Å². The van der Waals surface area contributed by atoms with E-state index in [2.05, 4.69) is 18.8 Å². The summed E-state index contributed by atoms with van der Waals surface area (Å²) in [5.41, 5.74) is 1.64. The van der Waals surface area contributed by atoms with Crippen molar-refractivity contribution in [2.45, 2.75) is 46.3 Å². The van der Waals surface area contributed by atoms with Crippen LogP contribution in [0.4, 0.5) is 5.69 Å². The fourth-order valence-corrected chi connectivity index (χ4v) is 2.78. The molecule has 0 saturated carbocycles. The molecule has 1 aromatic carbocycles. The highest BCUT2D eigenvalue weighted by Gasteiger charge is 2.20. The molecule has 1 aromatic heterocycles. The Hall–Kier alpha value is -2.43. The van der Waals surface area contributed by atoms with E-state index in [1.54, 1.807) is 17.8 Å². The van der Waals surface area contributed by atoms with E-state index in [9.17, 15) is 4.79 Å². The molecule has 2 rings (SSSR count). The van der Waals surface area contributed by atoms with Gasteiger partial charge in [-0.05, 0) is 38.5 Å². The normalized spacial score (nSPS) is 10.9. The maximum Gasteiger partial charge on any atom is 0.297 e. The van der Waals surface area contributed by atoms with E-state index in [1.165, 1.54) is 0 Å². The third-order valence-electron chi connectivity index (χ3n) is 3.92. The summed E-state index contributed by atoms with van der Waals surface area (Å²) in [7, 11) is 1.57. The van der Waals surface area contributed by atoms with Crippen LogP contribution in [-0.4, -0.2) is 24.3 Å². The molecule has 0 aliphatic carbocycles. The average molecular weight is 344 g/mol. The van der Waals surface area contributed by atoms with Gasteiger partial charge in [0.15, 0.2) is 5.75 Å². The summed E-state index contributed by atoms with van der Waals surface area (Å²) in [5, 5.41) is 4.14. The number of anilines is 1. The van der Waals surface area contributed by atoms with Gasteiger partial charge in [-0.15, -0.1) is 6.58 Å². The molecule has 1 N–H and O–H groups in total. The first kappa shape index (κ1) is 18.9. The number of fused-ring (bicyclic) bond motifs is 1. The van der Waals surface area contributed by atoms with Gasteiger partial charge in [0, 0.05) is 24.2 Å². The van der Waals surface area contributed by atoms with Crippen molar-refractivity contribution in [3.63, 3.8) is 0 Å². The molecule has 25 heavy (non-hydrogen) atoms. The minimum atomic E-state index is -0.146. The van der Waals surface area contributed by atoms with Crippen molar-refractivity contribution in [1.29, 1.82) is 0 Å². The molecule has 0 fully saturated rings. The fraction of sp³-hybridized carbons (Fsp3) is 0.450. The molecular weight excluding hydrogens is 316 g/mol. The predicted molar refractivity (Wildman–Crippen MR) is 104 cm³/mol. The Kier molecular flexibility index (Phi) is 6.51. The Bertz CT molecular complexity index is 794. The van der Waals surface area contributed by atoms with Gasteiger partial charge in [0.25, 0.3) is 5.56 Å². The van der Waals surface area contributed by atoms with E-state index < -0.39 is 0 Å². The van der Waals surface area contributed by atoms with Gasteiger partial charge in [0.1, 0.15) is 0 Å². The van der Waals surface area contributed by atoms with E-state index in [4.69, 9.17) is 9.47 Å².